The standard InChI is InChI=1S/C13H15NO3S/c1-11-6-8-12(9-7-11)18(16,17)14-10-4-2-3-5-13(14)15/h2,4,6-9H,3,5,10H2,1H3. The highest BCUT2D eigenvalue weighted by Crippen LogP contribution is 2.19. The number of aryl methyl sites for hydroxylation is 1. The first-order chi connectivity index (χ1) is 8.51. The number of carbonyl (C=O) groups excluding carboxylic acids is 1. The Labute approximate surface area is 107 Å². The molecule has 0 fully saturated rings. The molecule has 0 spiro atoms. The van der Waals surface area contributed by atoms with E-state index in [-0.39, 0.29) is 23.8 Å². The van der Waals surface area contributed by atoms with E-state index in [0.29, 0.717) is 6.42 Å². The molecule has 1 amide bonds. The van der Waals surface area contributed by atoms with Crippen LogP contribution in [0.4, 0.5) is 0 Å². The molecule has 1 aliphatic rings. The Bertz CT molecular complexity index is 573. The van der Waals surface area contributed by atoms with Gasteiger partial charge in [-0.1, -0.05) is 29.8 Å². The highest BCUT2D eigenvalue weighted by Gasteiger charge is 2.28. The van der Waals surface area contributed by atoms with Gasteiger partial charge in [0.15, 0.2) is 0 Å². The van der Waals surface area contributed by atoms with Gasteiger partial charge in [-0.25, -0.2) is 12.7 Å². The SMILES string of the molecule is Cc1ccc(S(=O)(=O)N2CC=CCCC2=O)cc1. The molecule has 0 bridgehead atoms. The van der Waals surface area contributed by atoms with Gasteiger partial charge in [0.1, 0.15) is 0 Å². The van der Waals surface area contributed by atoms with E-state index in [4.69, 9.17) is 0 Å². The molecule has 0 aliphatic carbocycles. The number of nitrogens with zero attached hydrogens (tertiary/aromatic N) is 1. The number of rotatable bonds is 2. The molecule has 0 N–H and O–H groups in total. The number of allylic oxidation sites excluding steroid dienone is 1. The minimum atomic E-state index is -3.72. The van der Waals surface area contributed by atoms with E-state index in [1.807, 2.05) is 13.0 Å². The molecule has 0 unspecified atom stereocenters. The van der Waals surface area contributed by atoms with Gasteiger partial charge in [-0.05, 0) is 25.5 Å². The van der Waals surface area contributed by atoms with Crippen molar-refractivity contribution in [1.29, 1.82) is 0 Å². The predicted molar refractivity (Wildman–Crippen MR) is 68.5 cm³/mol. The van der Waals surface area contributed by atoms with E-state index >= 15 is 0 Å². The lowest BCUT2D eigenvalue weighted by Gasteiger charge is -2.19. The molecule has 1 aromatic carbocycles. The Morgan fingerprint density at radius 2 is 1.78 bits per heavy atom. The van der Waals surface area contributed by atoms with Gasteiger partial charge >= 0.3 is 0 Å². The van der Waals surface area contributed by atoms with Crippen molar-refractivity contribution in [1.82, 2.24) is 4.31 Å². The van der Waals surface area contributed by atoms with Crippen LogP contribution in [0.3, 0.4) is 0 Å². The normalized spacial score (nSPS) is 16.7. The summed E-state index contributed by atoms with van der Waals surface area (Å²) in [6.07, 6.45) is 4.39. The summed E-state index contributed by atoms with van der Waals surface area (Å²) in [5.74, 6) is -0.347. The monoisotopic (exact) mass is 265 g/mol. The molecule has 1 heterocycles. The van der Waals surface area contributed by atoms with Crippen LogP contribution in [-0.4, -0.2) is 25.2 Å². The lowest BCUT2D eigenvalue weighted by Crippen LogP contribution is -2.36. The fourth-order valence-corrected chi connectivity index (χ4v) is 3.17. The molecule has 4 nitrogen and oxygen atoms in total. The van der Waals surface area contributed by atoms with Crippen molar-refractivity contribution in [3.63, 3.8) is 0 Å². The lowest BCUT2D eigenvalue weighted by molar-refractivity contribution is -0.125. The number of carbonyl (C=O) groups is 1. The summed E-state index contributed by atoms with van der Waals surface area (Å²) < 4.78 is 25.6. The minimum absolute atomic E-state index is 0.120. The van der Waals surface area contributed by atoms with Gasteiger partial charge in [-0.2, -0.15) is 0 Å². The fraction of sp³-hybridized carbons (Fsp3) is 0.308. The van der Waals surface area contributed by atoms with Crippen LogP contribution in [0.5, 0.6) is 0 Å². The molecular weight excluding hydrogens is 250 g/mol. The zero-order chi connectivity index (χ0) is 13.2. The van der Waals surface area contributed by atoms with E-state index in [0.717, 1.165) is 9.87 Å². The summed E-state index contributed by atoms with van der Waals surface area (Å²) in [5, 5.41) is 0. The summed E-state index contributed by atoms with van der Waals surface area (Å²) in [4.78, 5) is 12.0. The van der Waals surface area contributed by atoms with Crippen LogP contribution in [-0.2, 0) is 14.8 Å². The van der Waals surface area contributed by atoms with Crippen LogP contribution >= 0.6 is 0 Å². The second kappa shape index (κ2) is 4.94. The average molecular weight is 265 g/mol. The predicted octanol–water partition coefficient (Wildman–Crippen LogP) is 1.86. The van der Waals surface area contributed by atoms with Gasteiger partial charge in [0.25, 0.3) is 10.0 Å². The molecule has 1 aliphatic heterocycles. The van der Waals surface area contributed by atoms with Crippen molar-refractivity contribution in [3.8, 4) is 0 Å². The number of benzene rings is 1. The van der Waals surface area contributed by atoms with Gasteiger partial charge in [-0.3, -0.25) is 4.79 Å². The molecule has 1 aromatic rings. The van der Waals surface area contributed by atoms with E-state index in [9.17, 15) is 13.2 Å². The Morgan fingerprint density at radius 1 is 1.11 bits per heavy atom. The van der Waals surface area contributed by atoms with Crippen LogP contribution < -0.4 is 0 Å². The fourth-order valence-electron chi connectivity index (χ4n) is 1.79. The highest BCUT2D eigenvalue weighted by atomic mass is 32.2. The van der Waals surface area contributed by atoms with Crippen LogP contribution in [0.1, 0.15) is 18.4 Å². The Kier molecular flexibility index (Phi) is 3.52. The quantitative estimate of drug-likeness (QED) is 0.767. The molecule has 0 atom stereocenters. The third-order valence-electron chi connectivity index (χ3n) is 2.85. The van der Waals surface area contributed by atoms with Crippen molar-refractivity contribution in [3.05, 3.63) is 42.0 Å². The maximum atomic E-state index is 12.3. The Hall–Kier alpha value is -1.62. The zero-order valence-corrected chi connectivity index (χ0v) is 11.0. The van der Waals surface area contributed by atoms with Gasteiger partial charge in [-0.15, -0.1) is 0 Å². The molecule has 0 aromatic heterocycles. The third kappa shape index (κ3) is 2.46. The Morgan fingerprint density at radius 3 is 2.44 bits per heavy atom. The first kappa shape index (κ1) is 12.8. The Balaban J connectivity index is 2.38. The minimum Gasteiger partial charge on any atom is -0.274 e. The average Bonchev–Trinajstić information content (AvgIpc) is 2.55. The molecular formula is C13H15NO3S. The second-order valence-corrected chi connectivity index (χ2v) is 6.12. The molecule has 2 rings (SSSR count). The van der Waals surface area contributed by atoms with Gasteiger partial charge in [0.05, 0.1) is 11.4 Å². The van der Waals surface area contributed by atoms with Gasteiger partial charge < -0.3 is 0 Å². The molecule has 18 heavy (non-hydrogen) atoms. The lowest BCUT2D eigenvalue weighted by atomic mass is 10.2. The molecule has 96 valence electrons. The summed E-state index contributed by atoms with van der Waals surface area (Å²) in [7, 11) is -3.72. The smallest absolute Gasteiger partial charge is 0.266 e. The molecule has 5 heteroatoms. The first-order valence-electron chi connectivity index (χ1n) is 5.79. The second-order valence-electron chi connectivity index (χ2n) is 4.25. The number of hydrogen-bond acceptors (Lipinski definition) is 3. The van der Waals surface area contributed by atoms with Crippen molar-refractivity contribution < 1.29 is 13.2 Å². The number of hydrogen-bond donors (Lipinski definition) is 0. The van der Waals surface area contributed by atoms with Crippen LogP contribution in [0.15, 0.2) is 41.3 Å². The van der Waals surface area contributed by atoms with E-state index in [1.54, 1.807) is 18.2 Å². The third-order valence-corrected chi connectivity index (χ3v) is 4.65. The van der Waals surface area contributed by atoms with Crippen molar-refractivity contribution in [2.45, 2.75) is 24.7 Å². The number of amides is 1. The number of sulfonamides is 1. The maximum absolute atomic E-state index is 12.3. The van der Waals surface area contributed by atoms with Crippen LogP contribution in [0.2, 0.25) is 0 Å². The molecule has 0 saturated heterocycles. The summed E-state index contributed by atoms with van der Waals surface area (Å²) in [6, 6.07) is 6.52. The van der Waals surface area contributed by atoms with Crippen LogP contribution in [0.25, 0.3) is 0 Å². The first-order valence-corrected chi connectivity index (χ1v) is 7.23. The zero-order valence-electron chi connectivity index (χ0n) is 10.2. The maximum Gasteiger partial charge on any atom is 0.266 e. The van der Waals surface area contributed by atoms with Crippen molar-refractivity contribution in [2.24, 2.45) is 0 Å². The van der Waals surface area contributed by atoms with Crippen molar-refractivity contribution in [2.75, 3.05) is 6.54 Å². The summed E-state index contributed by atoms with van der Waals surface area (Å²) in [5.41, 5.74) is 0.982. The van der Waals surface area contributed by atoms with E-state index in [1.165, 1.54) is 12.1 Å². The van der Waals surface area contributed by atoms with Crippen LogP contribution in [0, 0.1) is 6.92 Å². The van der Waals surface area contributed by atoms with E-state index < -0.39 is 10.0 Å². The molecule has 0 radical (unpaired) electrons. The van der Waals surface area contributed by atoms with Gasteiger partial charge in [0.2, 0.25) is 5.91 Å². The summed E-state index contributed by atoms with van der Waals surface area (Å²) in [6.45, 7) is 2.01. The van der Waals surface area contributed by atoms with E-state index in [2.05, 4.69) is 0 Å². The molecule has 0 saturated carbocycles. The summed E-state index contributed by atoms with van der Waals surface area (Å²) >= 11 is 0. The van der Waals surface area contributed by atoms with Gasteiger partial charge in [0, 0.05) is 6.42 Å². The highest BCUT2D eigenvalue weighted by molar-refractivity contribution is 7.89. The largest absolute Gasteiger partial charge is 0.274 e. The topological polar surface area (TPSA) is 54.5 Å². The van der Waals surface area contributed by atoms with Crippen molar-refractivity contribution >= 4 is 15.9 Å².